The fourth-order valence-corrected chi connectivity index (χ4v) is 1.65. The van der Waals surface area contributed by atoms with Gasteiger partial charge < -0.3 is 19.3 Å². The van der Waals surface area contributed by atoms with Gasteiger partial charge in [0.15, 0.2) is 11.5 Å². The third-order valence-corrected chi connectivity index (χ3v) is 2.63. The van der Waals surface area contributed by atoms with E-state index in [9.17, 15) is 9.90 Å². The van der Waals surface area contributed by atoms with Crippen LogP contribution in [0.25, 0.3) is 0 Å². The maximum absolute atomic E-state index is 11.7. The zero-order valence-corrected chi connectivity index (χ0v) is 11.3. The maximum atomic E-state index is 11.7. The Balaban J connectivity index is 2.90. The molecule has 0 aliphatic rings. The van der Waals surface area contributed by atoms with Crippen molar-refractivity contribution in [3.8, 4) is 11.5 Å². The van der Waals surface area contributed by atoms with Gasteiger partial charge in [0.2, 0.25) is 0 Å². The first-order valence-electron chi connectivity index (χ1n) is 5.81. The normalized spacial score (nSPS) is 11.9. The quantitative estimate of drug-likeness (QED) is 0.564. The van der Waals surface area contributed by atoms with Crippen LogP contribution >= 0.6 is 0 Å². The Morgan fingerprint density at radius 2 is 2.11 bits per heavy atom. The van der Waals surface area contributed by atoms with E-state index < -0.39 is 12.0 Å². The zero-order chi connectivity index (χ0) is 14.3. The topological polar surface area (TPSA) is 77.0 Å². The molecule has 0 amide bonds. The molecule has 1 aromatic rings. The van der Waals surface area contributed by atoms with Gasteiger partial charge >= 0.3 is 5.97 Å². The molecule has 0 fully saturated rings. The second-order valence-electron chi connectivity index (χ2n) is 3.83. The number of methoxy groups -OCH3 is 3. The molecule has 0 aliphatic heterocycles. The van der Waals surface area contributed by atoms with Gasteiger partial charge in [0, 0.05) is 13.7 Å². The van der Waals surface area contributed by atoms with Crippen LogP contribution in [0, 0.1) is 0 Å². The van der Waals surface area contributed by atoms with Crippen LogP contribution in [0.5, 0.6) is 11.5 Å². The number of phenolic OH excluding ortho intramolecular Hbond substituents is 1. The van der Waals surface area contributed by atoms with Gasteiger partial charge in [-0.3, -0.25) is 5.32 Å². The van der Waals surface area contributed by atoms with Crippen LogP contribution in [0.2, 0.25) is 0 Å². The average Bonchev–Trinajstić information content (AvgIpc) is 2.43. The van der Waals surface area contributed by atoms with E-state index in [1.54, 1.807) is 19.2 Å². The van der Waals surface area contributed by atoms with Crippen LogP contribution in [0.1, 0.15) is 11.6 Å². The first-order valence-corrected chi connectivity index (χ1v) is 5.81. The van der Waals surface area contributed by atoms with Crippen molar-refractivity contribution >= 4 is 5.97 Å². The minimum absolute atomic E-state index is 0.0255. The molecule has 6 heteroatoms. The summed E-state index contributed by atoms with van der Waals surface area (Å²) >= 11 is 0. The molecule has 0 saturated carbocycles. The highest BCUT2D eigenvalue weighted by Crippen LogP contribution is 2.29. The molecule has 19 heavy (non-hydrogen) atoms. The maximum Gasteiger partial charge on any atom is 0.327 e. The lowest BCUT2D eigenvalue weighted by molar-refractivity contribution is -0.143. The molecule has 0 spiro atoms. The second-order valence-corrected chi connectivity index (χ2v) is 3.83. The van der Waals surface area contributed by atoms with Gasteiger partial charge in [-0.05, 0) is 17.7 Å². The number of hydrogen-bond donors (Lipinski definition) is 2. The van der Waals surface area contributed by atoms with Gasteiger partial charge in [-0.25, -0.2) is 4.79 Å². The molecule has 0 aromatic heterocycles. The monoisotopic (exact) mass is 269 g/mol. The van der Waals surface area contributed by atoms with Crippen molar-refractivity contribution in [1.82, 2.24) is 5.32 Å². The highest BCUT2D eigenvalue weighted by atomic mass is 16.5. The molecule has 106 valence electrons. The van der Waals surface area contributed by atoms with Crippen LogP contribution in [0.4, 0.5) is 0 Å². The van der Waals surface area contributed by atoms with Crippen molar-refractivity contribution in [3.05, 3.63) is 23.8 Å². The number of nitrogens with one attached hydrogen (secondary N) is 1. The van der Waals surface area contributed by atoms with E-state index in [-0.39, 0.29) is 5.75 Å². The summed E-state index contributed by atoms with van der Waals surface area (Å²) in [4.78, 5) is 11.7. The third-order valence-electron chi connectivity index (χ3n) is 2.63. The number of benzene rings is 1. The lowest BCUT2D eigenvalue weighted by atomic mass is 10.1. The highest BCUT2D eigenvalue weighted by Gasteiger charge is 2.21. The van der Waals surface area contributed by atoms with Crippen LogP contribution in [0.3, 0.4) is 0 Å². The Bertz CT molecular complexity index is 421. The third kappa shape index (κ3) is 4.11. The van der Waals surface area contributed by atoms with E-state index in [2.05, 4.69) is 5.32 Å². The van der Waals surface area contributed by atoms with Gasteiger partial charge in [-0.15, -0.1) is 0 Å². The molecule has 0 saturated heterocycles. The summed E-state index contributed by atoms with van der Waals surface area (Å²) in [5.74, 6) is -0.104. The van der Waals surface area contributed by atoms with Crippen molar-refractivity contribution < 1.29 is 24.1 Å². The summed E-state index contributed by atoms with van der Waals surface area (Å²) in [6.07, 6.45) is 0. The molecule has 0 bridgehead atoms. The summed E-state index contributed by atoms with van der Waals surface area (Å²) in [6, 6.07) is 4.11. The predicted octanol–water partition coefficient (Wildman–Crippen LogP) is 0.851. The Morgan fingerprint density at radius 1 is 1.37 bits per heavy atom. The van der Waals surface area contributed by atoms with E-state index in [1.165, 1.54) is 20.3 Å². The van der Waals surface area contributed by atoms with E-state index in [0.29, 0.717) is 24.5 Å². The summed E-state index contributed by atoms with van der Waals surface area (Å²) in [7, 11) is 4.36. The van der Waals surface area contributed by atoms with Gasteiger partial charge in [-0.2, -0.15) is 0 Å². The van der Waals surface area contributed by atoms with E-state index >= 15 is 0 Å². The number of phenols is 1. The largest absolute Gasteiger partial charge is 0.504 e. The van der Waals surface area contributed by atoms with E-state index in [0.717, 1.165) is 0 Å². The molecular formula is C13H19NO5. The second kappa shape index (κ2) is 7.60. The smallest absolute Gasteiger partial charge is 0.327 e. The molecule has 2 N–H and O–H groups in total. The van der Waals surface area contributed by atoms with Crippen molar-refractivity contribution in [2.75, 3.05) is 34.5 Å². The first kappa shape index (κ1) is 15.3. The van der Waals surface area contributed by atoms with Gasteiger partial charge in [0.25, 0.3) is 0 Å². The molecule has 1 unspecified atom stereocenters. The minimum atomic E-state index is -0.656. The summed E-state index contributed by atoms with van der Waals surface area (Å²) in [6.45, 7) is 0.957. The summed E-state index contributed by atoms with van der Waals surface area (Å²) in [5.41, 5.74) is 0.598. The Kier molecular flexibility index (Phi) is 6.11. The van der Waals surface area contributed by atoms with Crippen LogP contribution in [-0.4, -0.2) is 45.6 Å². The van der Waals surface area contributed by atoms with Crippen molar-refractivity contribution in [2.45, 2.75) is 6.04 Å². The highest BCUT2D eigenvalue weighted by molar-refractivity contribution is 5.77. The lowest BCUT2D eigenvalue weighted by Crippen LogP contribution is -2.32. The summed E-state index contributed by atoms with van der Waals surface area (Å²) in [5, 5.41) is 12.7. The molecule has 6 nitrogen and oxygen atoms in total. The van der Waals surface area contributed by atoms with Crippen LogP contribution in [-0.2, 0) is 14.3 Å². The zero-order valence-electron chi connectivity index (χ0n) is 11.3. The van der Waals surface area contributed by atoms with Gasteiger partial charge in [-0.1, -0.05) is 6.07 Å². The molecule has 1 atom stereocenters. The Hall–Kier alpha value is -1.79. The molecule has 0 radical (unpaired) electrons. The van der Waals surface area contributed by atoms with E-state index in [4.69, 9.17) is 14.2 Å². The standard InChI is InChI=1S/C13H19NO5/c1-17-7-6-14-12(13(16)19-3)9-4-5-11(18-2)10(15)8-9/h4-5,8,12,14-15H,6-7H2,1-3H3. The lowest BCUT2D eigenvalue weighted by Gasteiger charge is -2.17. The molecule has 1 rings (SSSR count). The Labute approximate surface area is 112 Å². The van der Waals surface area contributed by atoms with Crippen molar-refractivity contribution in [3.63, 3.8) is 0 Å². The number of esters is 1. The number of rotatable bonds is 7. The number of carbonyl (C=O) groups excluding carboxylic acids is 1. The first-order chi connectivity index (χ1) is 9.13. The number of carbonyl (C=O) groups is 1. The SMILES string of the molecule is COCCNC(C(=O)OC)c1ccc(OC)c(O)c1. The van der Waals surface area contributed by atoms with Crippen LogP contribution < -0.4 is 10.1 Å². The molecule has 0 aliphatic carbocycles. The molecule has 1 aromatic carbocycles. The van der Waals surface area contributed by atoms with Crippen LogP contribution in [0.15, 0.2) is 18.2 Å². The van der Waals surface area contributed by atoms with Gasteiger partial charge in [0.1, 0.15) is 6.04 Å². The summed E-state index contributed by atoms with van der Waals surface area (Å²) < 4.78 is 14.6. The Morgan fingerprint density at radius 3 is 2.63 bits per heavy atom. The predicted molar refractivity (Wildman–Crippen MR) is 69.3 cm³/mol. The number of ether oxygens (including phenoxy) is 3. The minimum Gasteiger partial charge on any atom is -0.504 e. The molecular weight excluding hydrogens is 250 g/mol. The number of hydrogen-bond acceptors (Lipinski definition) is 6. The van der Waals surface area contributed by atoms with Crippen molar-refractivity contribution in [2.24, 2.45) is 0 Å². The molecule has 0 heterocycles. The average molecular weight is 269 g/mol. The van der Waals surface area contributed by atoms with Gasteiger partial charge in [0.05, 0.1) is 20.8 Å². The number of aromatic hydroxyl groups is 1. The fraction of sp³-hybridized carbons (Fsp3) is 0.462. The van der Waals surface area contributed by atoms with E-state index in [1.807, 2.05) is 0 Å². The van der Waals surface area contributed by atoms with Crippen molar-refractivity contribution in [1.29, 1.82) is 0 Å². The fourth-order valence-electron chi connectivity index (χ4n) is 1.65.